The van der Waals surface area contributed by atoms with Gasteiger partial charge in [-0.3, -0.25) is 9.69 Å². The first-order valence-electron chi connectivity index (χ1n) is 6.62. The Bertz CT molecular complexity index is 636. The average Bonchev–Trinajstić information content (AvgIpc) is 2.83. The Balaban J connectivity index is 1.90. The van der Waals surface area contributed by atoms with Gasteiger partial charge in [0.15, 0.2) is 5.76 Å². The molecule has 0 bridgehead atoms. The molecule has 0 aliphatic carbocycles. The van der Waals surface area contributed by atoms with Crippen LogP contribution in [-0.4, -0.2) is 27.7 Å². The number of aryl methyl sites for hydroxylation is 1. The standard InChI is InChI=1S/C15H16N2O3/c1-10-8-12(20-16-10)9-17-7-6-11-4-2-3-5-13(11)14(17)15(18)19/h2-5,8,14H,6-7,9H2,1H3,(H,18,19). The SMILES string of the molecule is Cc1cc(CN2CCc3ccccc3C2C(=O)O)on1. The van der Waals surface area contributed by atoms with Gasteiger partial charge < -0.3 is 9.63 Å². The van der Waals surface area contributed by atoms with Crippen LogP contribution in [0.1, 0.15) is 28.6 Å². The van der Waals surface area contributed by atoms with Crippen LogP contribution < -0.4 is 0 Å². The minimum absolute atomic E-state index is 0.464. The van der Waals surface area contributed by atoms with Crippen molar-refractivity contribution in [3.05, 3.63) is 52.9 Å². The number of rotatable bonds is 3. The van der Waals surface area contributed by atoms with Gasteiger partial charge in [-0.05, 0) is 24.5 Å². The summed E-state index contributed by atoms with van der Waals surface area (Å²) in [6.45, 7) is 3.02. The summed E-state index contributed by atoms with van der Waals surface area (Å²) in [5.74, 6) is -0.124. The van der Waals surface area contributed by atoms with Gasteiger partial charge in [-0.25, -0.2) is 0 Å². The number of carboxylic acid groups (broad SMARTS) is 1. The minimum atomic E-state index is -0.826. The molecule has 0 spiro atoms. The molecule has 3 rings (SSSR count). The topological polar surface area (TPSA) is 66.6 Å². The molecule has 104 valence electrons. The summed E-state index contributed by atoms with van der Waals surface area (Å²) in [7, 11) is 0. The van der Waals surface area contributed by atoms with Gasteiger partial charge in [0.1, 0.15) is 6.04 Å². The highest BCUT2D eigenvalue weighted by molar-refractivity contribution is 5.76. The van der Waals surface area contributed by atoms with Crippen LogP contribution in [0.5, 0.6) is 0 Å². The molecule has 5 heteroatoms. The van der Waals surface area contributed by atoms with Gasteiger partial charge in [-0.1, -0.05) is 29.4 Å². The van der Waals surface area contributed by atoms with Crippen molar-refractivity contribution in [3.63, 3.8) is 0 Å². The summed E-state index contributed by atoms with van der Waals surface area (Å²) in [4.78, 5) is 13.6. The van der Waals surface area contributed by atoms with Gasteiger partial charge in [0.25, 0.3) is 0 Å². The lowest BCUT2D eigenvalue weighted by Crippen LogP contribution is -2.39. The number of fused-ring (bicyclic) bond motifs is 1. The quantitative estimate of drug-likeness (QED) is 0.927. The normalized spacial score (nSPS) is 18.8. The first-order valence-corrected chi connectivity index (χ1v) is 6.62. The van der Waals surface area contributed by atoms with Gasteiger partial charge >= 0.3 is 5.97 Å². The first-order chi connectivity index (χ1) is 9.65. The zero-order valence-electron chi connectivity index (χ0n) is 11.2. The highest BCUT2D eigenvalue weighted by Crippen LogP contribution is 2.31. The van der Waals surface area contributed by atoms with Crippen LogP contribution >= 0.6 is 0 Å². The van der Waals surface area contributed by atoms with Gasteiger partial charge in [0, 0.05) is 12.6 Å². The van der Waals surface area contributed by atoms with Gasteiger partial charge in [-0.2, -0.15) is 0 Å². The maximum absolute atomic E-state index is 11.6. The molecule has 1 aliphatic heterocycles. The lowest BCUT2D eigenvalue weighted by atomic mass is 9.92. The molecule has 0 fully saturated rings. The number of benzene rings is 1. The van der Waals surface area contributed by atoms with E-state index in [-0.39, 0.29) is 0 Å². The maximum atomic E-state index is 11.6. The van der Waals surface area contributed by atoms with Crippen LogP contribution in [0.3, 0.4) is 0 Å². The molecule has 1 atom stereocenters. The number of carboxylic acids is 1. The van der Waals surface area contributed by atoms with Crippen LogP contribution in [0.25, 0.3) is 0 Å². The molecule has 0 saturated heterocycles. The Morgan fingerprint density at radius 3 is 3.00 bits per heavy atom. The molecule has 5 nitrogen and oxygen atoms in total. The molecule has 1 N–H and O–H groups in total. The summed E-state index contributed by atoms with van der Waals surface area (Å²) in [6.07, 6.45) is 0.854. The maximum Gasteiger partial charge on any atom is 0.325 e. The first kappa shape index (κ1) is 12.9. The van der Waals surface area contributed by atoms with Crippen molar-refractivity contribution >= 4 is 5.97 Å². The number of aliphatic carboxylic acids is 1. The monoisotopic (exact) mass is 272 g/mol. The molecular weight excluding hydrogens is 256 g/mol. The molecule has 1 aliphatic rings. The summed E-state index contributed by atoms with van der Waals surface area (Å²) < 4.78 is 5.20. The van der Waals surface area contributed by atoms with Crippen LogP contribution in [0, 0.1) is 6.92 Å². The smallest absolute Gasteiger partial charge is 0.325 e. The van der Waals surface area contributed by atoms with E-state index in [2.05, 4.69) is 5.16 Å². The predicted molar refractivity (Wildman–Crippen MR) is 72.2 cm³/mol. The van der Waals surface area contributed by atoms with Crippen molar-refractivity contribution in [2.75, 3.05) is 6.54 Å². The molecule has 0 saturated carbocycles. The number of aromatic nitrogens is 1. The fourth-order valence-electron chi connectivity index (χ4n) is 2.77. The Morgan fingerprint density at radius 2 is 2.30 bits per heavy atom. The van der Waals surface area contributed by atoms with Gasteiger partial charge in [0.05, 0.1) is 12.2 Å². The molecule has 1 aromatic carbocycles. The largest absolute Gasteiger partial charge is 0.480 e. The second kappa shape index (κ2) is 5.09. The zero-order chi connectivity index (χ0) is 14.1. The van der Waals surface area contributed by atoms with E-state index in [4.69, 9.17) is 4.52 Å². The third-order valence-corrected chi connectivity index (χ3v) is 3.65. The van der Waals surface area contributed by atoms with E-state index in [1.165, 1.54) is 0 Å². The number of nitrogens with zero attached hydrogens (tertiary/aromatic N) is 2. The summed E-state index contributed by atoms with van der Waals surface area (Å²) in [5.41, 5.74) is 2.80. The third kappa shape index (κ3) is 2.32. The lowest BCUT2D eigenvalue weighted by molar-refractivity contribution is -0.144. The van der Waals surface area contributed by atoms with Crippen molar-refractivity contribution in [1.82, 2.24) is 10.1 Å². The number of hydrogen-bond acceptors (Lipinski definition) is 4. The van der Waals surface area contributed by atoms with E-state index in [1.54, 1.807) is 0 Å². The Hall–Kier alpha value is -2.14. The highest BCUT2D eigenvalue weighted by atomic mass is 16.5. The van der Waals surface area contributed by atoms with E-state index in [9.17, 15) is 9.90 Å². The fraction of sp³-hybridized carbons (Fsp3) is 0.333. The molecular formula is C15H16N2O3. The second-order valence-electron chi connectivity index (χ2n) is 5.09. The van der Waals surface area contributed by atoms with Crippen molar-refractivity contribution in [3.8, 4) is 0 Å². The average molecular weight is 272 g/mol. The summed E-state index contributed by atoms with van der Waals surface area (Å²) in [6, 6.07) is 8.96. The Labute approximate surface area is 116 Å². The number of hydrogen-bond donors (Lipinski definition) is 1. The number of carbonyl (C=O) groups is 1. The molecule has 2 heterocycles. The van der Waals surface area contributed by atoms with E-state index in [1.807, 2.05) is 42.2 Å². The fourth-order valence-corrected chi connectivity index (χ4v) is 2.77. The van der Waals surface area contributed by atoms with Gasteiger partial charge in [-0.15, -0.1) is 0 Å². The molecule has 20 heavy (non-hydrogen) atoms. The minimum Gasteiger partial charge on any atom is -0.480 e. The molecule has 0 radical (unpaired) electrons. The Kier molecular flexibility index (Phi) is 3.28. The van der Waals surface area contributed by atoms with E-state index in [0.717, 1.165) is 23.2 Å². The van der Waals surface area contributed by atoms with Crippen LogP contribution in [0.15, 0.2) is 34.9 Å². The van der Waals surface area contributed by atoms with E-state index >= 15 is 0 Å². The van der Waals surface area contributed by atoms with Crippen LogP contribution in [-0.2, 0) is 17.8 Å². The molecule has 0 amide bonds. The molecule has 2 aromatic rings. The molecule has 1 unspecified atom stereocenters. The van der Waals surface area contributed by atoms with Crippen LogP contribution in [0.4, 0.5) is 0 Å². The van der Waals surface area contributed by atoms with Crippen molar-refractivity contribution in [1.29, 1.82) is 0 Å². The van der Waals surface area contributed by atoms with Crippen molar-refractivity contribution < 1.29 is 14.4 Å². The van der Waals surface area contributed by atoms with Crippen LogP contribution in [0.2, 0.25) is 0 Å². The summed E-state index contributed by atoms with van der Waals surface area (Å²) in [5, 5.41) is 13.4. The van der Waals surface area contributed by atoms with Gasteiger partial charge in [0.2, 0.25) is 0 Å². The van der Waals surface area contributed by atoms with E-state index < -0.39 is 12.0 Å². The summed E-state index contributed by atoms with van der Waals surface area (Å²) >= 11 is 0. The van der Waals surface area contributed by atoms with E-state index in [0.29, 0.717) is 18.8 Å². The third-order valence-electron chi connectivity index (χ3n) is 3.65. The lowest BCUT2D eigenvalue weighted by Gasteiger charge is -2.33. The predicted octanol–water partition coefficient (Wildman–Crippen LogP) is 2.17. The second-order valence-corrected chi connectivity index (χ2v) is 5.09. The zero-order valence-corrected chi connectivity index (χ0v) is 11.2. The van der Waals surface area contributed by atoms with Crippen molar-refractivity contribution in [2.24, 2.45) is 0 Å². The highest BCUT2D eigenvalue weighted by Gasteiger charge is 2.33. The van der Waals surface area contributed by atoms with Crippen molar-refractivity contribution in [2.45, 2.75) is 25.9 Å². The molecule has 1 aromatic heterocycles. The Morgan fingerprint density at radius 1 is 1.50 bits per heavy atom.